The molecule has 2 atom stereocenters. The summed E-state index contributed by atoms with van der Waals surface area (Å²) >= 11 is 2.02. The summed E-state index contributed by atoms with van der Waals surface area (Å²) in [5, 5.41) is 13.4. The Kier molecular flexibility index (Phi) is 6.99. The first-order valence-corrected chi connectivity index (χ1v) is 9.00. The van der Waals surface area contributed by atoms with Crippen LogP contribution < -0.4 is 5.32 Å². The van der Waals surface area contributed by atoms with Crippen LogP contribution in [0, 0.1) is 5.92 Å². The van der Waals surface area contributed by atoms with Crippen LogP contribution >= 0.6 is 11.8 Å². The summed E-state index contributed by atoms with van der Waals surface area (Å²) in [6.45, 7) is 3.48. The van der Waals surface area contributed by atoms with Crippen molar-refractivity contribution in [2.24, 2.45) is 5.92 Å². The molecule has 1 aliphatic heterocycles. The van der Waals surface area contributed by atoms with Crippen molar-refractivity contribution in [3.8, 4) is 0 Å². The molecule has 4 heteroatoms. The van der Waals surface area contributed by atoms with E-state index >= 15 is 0 Å². The van der Waals surface area contributed by atoms with Gasteiger partial charge in [-0.1, -0.05) is 6.92 Å². The summed E-state index contributed by atoms with van der Waals surface area (Å²) in [4.78, 5) is 0. The summed E-state index contributed by atoms with van der Waals surface area (Å²) in [6.07, 6.45) is 7.47. The van der Waals surface area contributed by atoms with Crippen LogP contribution in [0.5, 0.6) is 0 Å². The molecule has 3 nitrogen and oxygen atoms in total. The van der Waals surface area contributed by atoms with Gasteiger partial charge in [-0.25, -0.2) is 0 Å². The number of ether oxygens (including phenoxy) is 1. The first kappa shape index (κ1) is 15.6. The summed E-state index contributed by atoms with van der Waals surface area (Å²) in [5.41, 5.74) is 0. The van der Waals surface area contributed by atoms with Crippen molar-refractivity contribution >= 4 is 11.8 Å². The van der Waals surface area contributed by atoms with Crippen molar-refractivity contribution in [2.75, 3.05) is 24.7 Å². The van der Waals surface area contributed by atoms with Crippen molar-refractivity contribution < 1.29 is 9.84 Å². The molecule has 0 aromatic rings. The minimum Gasteiger partial charge on any atom is -0.389 e. The number of hydrogen-bond acceptors (Lipinski definition) is 4. The van der Waals surface area contributed by atoms with Crippen LogP contribution in [-0.2, 0) is 4.74 Å². The number of hydrogen-bond donors (Lipinski definition) is 2. The zero-order valence-corrected chi connectivity index (χ0v) is 13.0. The van der Waals surface area contributed by atoms with Gasteiger partial charge in [0.15, 0.2) is 0 Å². The molecule has 1 heterocycles. The van der Waals surface area contributed by atoms with Gasteiger partial charge in [0.2, 0.25) is 0 Å². The molecule has 0 bridgehead atoms. The quantitative estimate of drug-likeness (QED) is 0.787. The molecule has 2 fully saturated rings. The third kappa shape index (κ3) is 6.03. The molecule has 0 spiro atoms. The van der Waals surface area contributed by atoms with Crippen LogP contribution in [-0.4, -0.2) is 48.0 Å². The third-order valence-corrected chi connectivity index (χ3v) is 5.51. The Hall–Kier alpha value is 0.230. The Balaban J connectivity index is 1.52. The Morgan fingerprint density at radius 1 is 1.26 bits per heavy atom. The predicted octanol–water partition coefficient (Wildman–Crippen LogP) is 2.43. The monoisotopic (exact) mass is 287 g/mol. The van der Waals surface area contributed by atoms with E-state index in [0.29, 0.717) is 25.3 Å². The highest BCUT2D eigenvalue weighted by Crippen LogP contribution is 2.25. The second-order valence-corrected chi connectivity index (χ2v) is 7.34. The highest BCUT2D eigenvalue weighted by atomic mass is 32.2. The Labute approximate surface area is 121 Å². The Morgan fingerprint density at radius 2 is 2.05 bits per heavy atom. The molecule has 1 aliphatic carbocycles. The minimum absolute atomic E-state index is 0.355. The van der Waals surface area contributed by atoms with E-state index in [1.165, 1.54) is 50.0 Å². The topological polar surface area (TPSA) is 41.5 Å². The largest absolute Gasteiger partial charge is 0.389 e. The maximum atomic E-state index is 9.97. The first-order chi connectivity index (χ1) is 9.24. The summed E-state index contributed by atoms with van der Waals surface area (Å²) in [7, 11) is 0. The Morgan fingerprint density at radius 3 is 2.74 bits per heavy atom. The van der Waals surface area contributed by atoms with Crippen LogP contribution in [0.1, 0.15) is 45.4 Å². The zero-order chi connectivity index (χ0) is 13.5. The van der Waals surface area contributed by atoms with Crippen molar-refractivity contribution in [2.45, 2.75) is 63.7 Å². The van der Waals surface area contributed by atoms with Crippen LogP contribution in [0.4, 0.5) is 0 Å². The second-order valence-electron chi connectivity index (χ2n) is 6.19. The van der Waals surface area contributed by atoms with Crippen molar-refractivity contribution in [1.82, 2.24) is 5.32 Å². The predicted molar refractivity (Wildman–Crippen MR) is 81.7 cm³/mol. The van der Waals surface area contributed by atoms with Crippen LogP contribution in [0.3, 0.4) is 0 Å². The van der Waals surface area contributed by atoms with Crippen LogP contribution in [0.25, 0.3) is 0 Å². The molecule has 2 unspecified atom stereocenters. The molecule has 2 N–H and O–H groups in total. The van der Waals surface area contributed by atoms with E-state index in [-0.39, 0.29) is 6.10 Å². The molecule has 0 radical (unpaired) electrons. The molecule has 112 valence electrons. The molecular formula is C15H29NO2S. The van der Waals surface area contributed by atoms with E-state index in [1.807, 2.05) is 11.8 Å². The lowest BCUT2D eigenvalue weighted by atomic mass is 9.89. The SMILES string of the molecule is CC1CCC(OCC(O)CNC2CCCSC2)CC1. The van der Waals surface area contributed by atoms with Gasteiger partial charge in [0.25, 0.3) is 0 Å². The van der Waals surface area contributed by atoms with Crippen molar-refractivity contribution in [1.29, 1.82) is 0 Å². The average molecular weight is 287 g/mol. The molecule has 0 aromatic heterocycles. The summed E-state index contributed by atoms with van der Waals surface area (Å²) in [5.74, 6) is 3.34. The summed E-state index contributed by atoms with van der Waals surface area (Å²) in [6, 6.07) is 0.587. The normalized spacial score (nSPS) is 34.1. The molecular weight excluding hydrogens is 258 g/mol. The lowest BCUT2D eigenvalue weighted by molar-refractivity contribution is -0.0283. The average Bonchev–Trinajstić information content (AvgIpc) is 2.45. The van der Waals surface area contributed by atoms with Gasteiger partial charge in [0.05, 0.1) is 18.8 Å². The second kappa shape index (κ2) is 8.50. The van der Waals surface area contributed by atoms with Gasteiger partial charge in [-0.2, -0.15) is 11.8 Å². The summed E-state index contributed by atoms with van der Waals surface area (Å²) < 4.78 is 5.84. The van der Waals surface area contributed by atoms with Gasteiger partial charge in [0, 0.05) is 18.3 Å². The van der Waals surface area contributed by atoms with Gasteiger partial charge >= 0.3 is 0 Å². The van der Waals surface area contributed by atoms with E-state index < -0.39 is 0 Å². The molecule has 0 amide bonds. The standard InChI is InChI=1S/C15H29NO2S/c1-12-4-6-15(7-5-12)18-10-14(17)9-16-13-3-2-8-19-11-13/h12-17H,2-11H2,1H3. The maximum Gasteiger partial charge on any atom is 0.0897 e. The van der Waals surface area contributed by atoms with Crippen LogP contribution in [0.2, 0.25) is 0 Å². The molecule has 2 rings (SSSR count). The van der Waals surface area contributed by atoms with Crippen molar-refractivity contribution in [3.63, 3.8) is 0 Å². The number of nitrogens with one attached hydrogen (secondary N) is 1. The van der Waals surface area contributed by atoms with Gasteiger partial charge in [-0.3, -0.25) is 0 Å². The molecule has 0 aromatic carbocycles. The number of aliphatic hydroxyl groups excluding tert-OH is 1. The lowest BCUT2D eigenvalue weighted by Gasteiger charge is -2.28. The molecule has 1 saturated carbocycles. The highest BCUT2D eigenvalue weighted by molar-refractivity contribution is 7.99. The van der Waals surface area contributed by atoms with Gasteiger partial charge in [0.1, 0.15) is 0 Å². The van der Waals surface area contributed by atoms with Gasteiger partial charge in [-0.15, -0.1) is 0 Å². The maximum absolute atomic E-state index is 9.97. The third-order valence-electron chi connectivity index (χ3n) is 4.29. The fraction of sp³-hybridized carbons (Fsp3) is 1.00. The lowest BCUT2D eigenvalue weighted by Crippen LogP contribution is -2.40. The number of aliphatic hydroxyl groups is 1. The first-order valence-electron chi connectivity index (χ1n) is 7.85. The van der Waals surface area contributed by atoms with Crippen molar-refractivity contribution in [3.05, 3.63) is 0 Å². The number of rotatable bonds is 6. The van der Waals surface area contributed by atoms with E-state index in [2.05, 4.69) is 12.2 Å². The van der Waals surface area contributed by atoms with E-state index in [4.69, 9.17) is 4.74 Å². The fourth-order valence-corrected chi connectivity index (χ4v) is 4.01. The molecule has 19 heavy (non-hydrogen) atoms. The molecule has 2 aliphatic rings. The van der Waals surface area contributed by atoms with E-state index in [9.17, 15) is 5.11 Å². The minimum atomic E-state index is -0.355. The van der Waals surface area contributed by atoms with Gasteiger partial charge < -0.3 is 15.2 Å². The van der Waals surface area contributed by atoms with Gasteiger partial charge in [-0.05, 0) is 50.2 Å². The Bertz CT molecular complexity index is 238. The smallest absolute Gasteiger partial charge is 0.0897 e. The molecule has 1 saturated heterocycles. The fourth-order valence-electron chi connectivity index (χ4n) is 2.91. The zero-order valence-electron chi connectivity index (χ0n) is 12.1. The highest BCUT2D eigenvalue weighted by Gasteiger charge is 2.20. The van der Waals surface area contributed by atoms with E-state index in [1.54, 1.807) is 0 Å². The van der Waals surface area contributed by atoms with E-state index in [0.717, 1.165) is 5.92 Å². The number of thioether (sulfide) groups is 1. The van der Waals surface area contributed by atoms with Crippen LogP contribution in [0.15, 0.2) is 0 Å².